The molecule has 14 heavy (non-hydrogen) atoms. The van der Waals surface area contributed by atoms with Crippen molar-refractivity contribution in [3.05, 3.63) is 16.1 Å². The Morgan fingerprint density at radius 3 is 2.86 bits per heavy atom. The number of thiazole rings is 1. The zero-order valence-corrected chi connectivity index (χ0v) is 8.97. The van der Waals surface area contributed by atoms with Crippen LogP contribution in [0.25, 0.3) is 0 Å². The van der Waals surface area contributed by atoms with Crippen LogP contribution in [0.1, 0.15) is 41.2 Å². The number of nitrogens with zero attached hydrogens (tertiary/aromatic N) is 1. The summed E-state index contributed by atoms with van der Waals surface area (Å²) in [6.07, 6.45) is 2.07. The molecule has 1 saturated heterocycles. The highest BCUT2D eigenvalue weighted by Gasteiger charge is 2.19. The SMILES string of the molecule is CC(=O)c1csc(C2CCOCC2)n1. The maximum atomic E-state index is 11.1. The second-order valence-electron chi connectivity index (χ2n) is 3.51. The number of ketones is 1. The molecule has 0 unspecified atom stereocenters. The fourth-order valence-corrected chi connectivity index (χ4v) is 2.61. The van der Waals surface area contributed by atoms with Crippen molar-refractivity contribution in [3.8, 4) is 0 Å². The summed E-state index contributed by atoms with van der Waals surface area (Å²) < 4.78 is 5.29. The minimum absolute atomic E-state index is 0.0551. The zero-order chi connectivity index (χ0) is 9.97. The smallest absolute Gasteiger partial charge is 0.178 e. The van der Waals surface area contributed by atoms with Gasteiger partial charge in [0.25, 0.3) is 0 Å². The first kappa shape index (κ1) is 9.80. The summed E-state index contributed by atoms with van der Waals surface area (Å²) in [7, 11) is 0. The molecular weight excluding hydrogens is 198 g/mol. The Hall–Kier alpha value is -0.740. The number of aromatic nitrogens is 1. The fraction of sp³-hybridized carbons (Fsp3) is 0.600. The molecule has 1 aromatic heterocycles. The maximum Gasteiger partial charge on any atom is 0.178 e. The largest absolute Gasteiger partial charge is 0.381 e. The molecule has 2 heterocycles. The summed E-state index contributed by atoms with van der Waals surface area (Å²) in [4.78, 5) is 15.4. The number of hydrogen-bond acceptors (Lipinski definition) is 4. The number of carbonyl (C=O) groups excluding carboxylic acids is 1. The van der Waals surface area contributed by atoms with E-state index in [1.807, 2.05) is 5.38 Å². The average molecular weight is 211 g/mol. The van der Waals surface area contributed by atoms with Gasteiger partial charge in [-0.2, -0.15) is 0 Å². The molecule has 0 bridgehead atoms. The third-order valence-electron chi connectivity index (χ3n) is 2.45. The molecule has 1 fully saturated rings. The van der Waals surface area contributed by atoms with Crippen LogP contribution in [-0.4, -0.2) is 24.0 Å². The molecule has 0 aromatic carbocycles. The highest BCUT2D eigenvalue weighted by atomic mass is 32.1. The van der Waals surface area contributed by atoms with E-state index in [1.165, 1.54) is 0 Å². The van der Waals surface area contributed by atoms with Crippen molar-refractivity contribution in [2.75, 3.05) is 13.2 Å². The van der Waals surface area contributed by atoms with Gasteiger partial charge in [-0.1, -0.05) is 0 Å². The third kappa shape index (κ3) is 2.01. The van der Waals surface area contributed by atoms with Gasteiger partial charge in [0.05, 0.1) is 5.01 Å². The van der Waals surface area contributed by atoms with Crippen LogP contribution >= 0.6 is 11.3 Å². The Kier molecular flexibility index (Phi) is 2.93. The molecule has 0 aliphatic carbocycles. The van der Waals surface area contributed by atoms with E-state index in [9.17, 15) is 4.79 Å². The Labute approximate surface area is 87.1 Å². The van der Waals surface area contributed by atoms with Crippen molar-refractivity contribution in [1.29, 1.82) is 0 Å². The van der Waals surface area contributed by atoms with E-state index in [2.05, 4.69) is 4.98 Å². The molecule has 0 spiro atoms. The predicted molar refractivity (Wildman–Crippen MR) is 54.9 cm³/mol. The van der Waals surface area contributed by atoms with Gasteiger partial charge in [0, 0.05) is 31.4 Å². The monoisotopic (exact) mass is 211 g/mol. The van der Waals surface area contributed by atoms with Crippen LogP contribution in [0.5, 0.6) is 0 Å². The van der Waals surface area contributed by atoms with E-state index >= 15 is 0 Å². The standard InChI is InChI=1S/C10H13NO2S/c1-7(12)9-6-14-10(11-9)8-2-4-13-5-3-8/h6,8H,2-5H2,1H3. The highest BCUT2D eigenvalue weighted by Crippen LogP contribution is 2.29. The van der Waals surface area contributed by atoms with Crippen molar-refractivity contribution in [2.24, 2.45) is 0 Å². The van der Waals surface area contributed by atoms with Crippen LogP contribution in [0.15, 0.2) is 5.38 Å². The van der Waals surface area contributed by atoms with Gasteiger partial charge < -0.3 is 4.74 Å². The van der Waals surface area contributed by atoms with Crippen molar-refractivity contribution in [2.45, 2.75) is 25.7 Å². The Bertz CT molecular complexity index is 329. The summed E-state index contributed by atoms with van der Waals surface area (Å²) in [5.74, 6) is 0.557. The van der Waals surface area contributed by atoms with Gasteiger partial charge >= 0.3 is 0 Å². The number of ether oxygens (including phenoxy) is 1. The highest BCUT2D eigenvalue weighted by molar-refractivity contribution is 7.09. The Morgan fingerprint density at radius 2 is 2.29 bits per heavy atom. The number of carbonyl (C=O) groups is 1. The van der Waals surface area contributed by atoms with E-state index in [-0.39, 0.29) is 5.78 Å². The van der Waals surface area contributed by atoms with Crippen LogP contribution in [0.3, 0.4) is 0 Å². The van der Waals surface area contributed by atoms with Gasteiger partial charge in [0.2, 0.25) is 0 Å². The lowest BCUT2D eigenvalue weighted by molar-refractivity contribution is 0.0852. The first-order valence-electron chi connectivity index (χ1n) is 4.81. The van der Waals surface area contributed by atoms with Crippen LogP contribution in [0, 0.1) is 0 Å². The summed E-state index contributed by atoms with van der Waals surface area (Å²) in [6.45, 7) is 3.20. The van der Waals surface area contributed by atoms with E-state index < -0.39 is 0 Å². The van der Waals surface area contributed by atoms with Crippen molar-refractivity contribution < 1.29 is 9.53 Å². The Balaban J connectivity index is 2.11. The lowest BCUT2D eigenvalue weighted by atomic mass is 10.0. The van der Waals surface area contributed by atoms with Gasteiger partial charge in [-0.15, -0.1) is 11.3 Å². The van der Waals surface area contributed by atoms with Gasteiger partial charge in [0.15, 0.2) is 5.78 Å². The van der Waals surface area contributed by atoms with Crippen LogP contribution in [0.2, 0.25) is 0 Å². The Morgan fingerprint density at radius 1 is 1.57 bits per heavy atom. The van der Waals surface area contributed by atoms with Crippen LogP contribution in [-0.2, 0) is 4.74 Å². The minimum atomic E-state index is 0.0551. The molecule has 76 valence electrons. The van der Waals surface area contributed by atoms with E-state index in [0.29, 0.717) is 11.6 Å². The lowest BCUT2D eigenvalue weighted by Crippen LogP contribution is -2.14. The normalized spacial score (nSPS) is 18.4. The van der Waals surface area contributed by atoms with Crippen molar-refractivity contribution >= 4 is 17.1 Å². The topological polar surface area (TPSA) is 39.2 Å². The molecule has 0 radical (unpaired) electrons. The number of Topliss-reactive ketones (excluding diaryl/α,β-unsaturated/α-hetero) is 1. The summed E-state index contributed by atoms with van der Waals surface area (Å²) in [5.41, 5.74) is 0.608. The zero-order valence-electron chi connectivity index (χ0n) is 8.16. The first-order valence-corrected chi connectivity index (χ1v) is 5.69. The molecule has 3 nitrogen and oxygen atoms in total. The predicted octanol–water partition coefficient (Wildman–Crippen LogP) is 2.24. The second-order valence-corrected chi connectivity index (χ2v) is 4.40. The molecule has 0 saturated carbocycles. The van der Waals surface area contributed by atoms with Gasteiger partial charge in [-0.3, -0.25) is 4.79 Å². The second kappa shape index (κ2) is 4.19. The number of rotatable bonds is 2. The third-order valence-corrected chi connectivity index (χ3v) is 3.46. The molecule has 2 rings (SSSR count). The summed E-state index contributed by atoms with van der Waals surface area (Å²) in [5, 5.41) is 2.95. The van der Waals surface area contributed by atoms with E-state index in [1.54, 1.807) is 18.3 Å². The first-order chi connectivity index (χ1) is 6.77. The quantitative estimate of drug-likeness (QED) is 0.704. The van der Waals surface area contributed by atoms with Gasteiger partial charge in [0.1, 0.15) is 5.69 Å². The molecular formula is C10H13NO2S. The van der Waals surface area contributed by atoms with Crippen LogP contribution in [0.4, 0.5) is 0 Å². The van der Waals surface area contributed by atoms with E-state index in [0.717, 1.165) is 31.1 Å². The number of hydrogen-bond donors (Lipinski definition) is 0. The molecule has 0 atom stereocenters. The molecule has 0 N–H and O–H groups in total. The van der Waals surface area contributed by atoms with Crippen molar-refractivity contribution in [1.82, 2.24) is 4.98 Å². The average Bonchev–Trinajstić information content (AvgIpc) is 2.68. The van der Waals surface area contributed by atoms with Crippen LogP contribution < -0.4 is 0 Å². The molecule has 1 aromatic rings. The molecule has 4 heteroatoms. The lowest BCUT2D eigenvalue weighted by Gasteiger charge is -2.19. The van der Waals surface area contributed by atoms with E-state index in [4.69, 9.17) is 4.74 Å². The maximum absolute atomic E-state index is 11.1. The molecule has 0 amide bonds. The van der Waals surface area contributed by atoms with Gasteiger partial charge in [-0.05, 0) is 12.8 Å². The fourth-order valence-electron chi connectivity index (χ4n) is 1.58. The summed E-state index contributed by atoms with van der Waals surface area (Å²) in [6, 6.07) is 0. The summed E-state index contributed by atoms with van der Waals surface area (Å²) >= 11 is 1.60. The van der Waals surface area contributed by atoms with Crippen molar-refractivity contribution in [3.63, 3.8) is 0 Å². The molecule has 1 aliphatic rings. The van der Waals surface area contributed by atoms with Gasteiger partial charge in [-0.25, -0.2) is 4.98 Å². The molecule has 1 aliphatic heterocycles. The minimum Gasteiger partial charge on any atom is -0.381 e.